The van der Waals surface area contributed by atoms with E-state index < -0.39 is 5.60 Å². The van der Waals surface area contributed by atoms with Crippen LogP contribution in [0.15, 0.2) is 0 Å². The van der Waals surface area contributed by atoms with Crippen molar-refractivity contribution in [1.82, 2.24) is 5.32 Å². The van der Waals surface area contributed by atoms with Gasteiger partial charge < -0.3 is 10.1 Å². The summed E-state index contributed by atoms with van der Waals surface area (Å²) in [5.41, 5.74) is -0.411. The second-order valence-corrected chi connectivity index (χ2v) is 3.26. The Balaban J connectivity index is 3.53. The Bertz CT molecular complexity index is 127. The molecule has 65 valence electrons. The van der Waals surface area contributed by atoms with E-state index >= 15 is 0 Å². The number of hydrogen-bond donors (Lipinski definition) is 1. The first-order valence-corrected chi connectivity index (χ1v) is 3.77. The van der Waals surface area contributed by atoms with E-state index in [0.717, 1.165) is 6.42 Å². The Morgan fingerprint density at radius 3 is 2.45 bits per heavy atom. The molecule has 0 aromatic heterocycles. The molecule has 3 heteroatoms. The van der Waals surface area contributed by atoms with Gasteiger partial charge in [0.15, 0.2) is 0 Å². The predicted octanol–water partition coefficient (Wildman–Crippen LogP) is 2.08. The minimum atomic E-state index is -0.411. The highest BCUT2D eigenvalue weighted by Crippen LogP contribution is 2.06. The van der Waals surface area contributed by atoms with Gasteiger partial charge in [-0.15, -0.1) is 0 Å². The van der Waals surface area contributed by atoms with Crippen LogP contribution < -0.4 is 5.32 Å². The molecule has 0 saturated carbocycles. The number of rotatable bonds is 2. The summed E-state index contributed by atoms with van der Waals surface area (Å²) in [7, 11) is 0. The van der Waals surface area contributed by atoms with Gasteiger partial charge in [0.05, 0.1) is 6.54 Å². The minimum absolute atomic E-state index is 0.389. The lowest BCUT2D eigenvalue weighted by Crippen LogP contribution is -2.30. The molecule has 0 aromatic carbocycles. The standard InChI is InChI=1S/C8H16NO2/c1-5-6-9-7(10)11-8(2,3)4/h6H,5H2,1-4H3,(H,9,10). The molecule has 1 amide bonds. The number of alkyl carbamates (subject to hydrolysis) is 1. The summed E-state index contributed by atoms with van der Waals surface area (Å²) in [6, 6.07) is 0. The Morgan fingerprint density at radius 1 is 1.55 bits per heavy atom. The highest BCUT2D eigenvalue weighted by atomic mass is 16.6. The first-order chi connectivity index (χ1) is 4.95. The molecular formula is C8H16NO2. The fraction of sp³-hybridized carbons (Fsp3) is 0.750. The fourth-order valence-corrected chi connectivity index (χ4v) is 0.493. The van der Waals surface area contributed by atoms with Crippen LogP contribution in [0.2, 0.25) is 0 Å². The molecule has 1 radical (unpaired) electrons. The zero-order valence-corrected chi connectivity index (χ0v) is 7.60. The molecule has 0 unspecified atom stereocenters. The van der Waals surface area contributed by atoms with Crippen LogP contribution in [0.5, 0.6) is 0 Å². The molecule has 0 rings (SSSR count). The second-order valence-electron chi connectivity index (χ2n) is 3.26. The SMILES string of the molecule is CC[CH]NC(=O)OC(C)(C)C. The molecule has 0 bridgehead atoms. The van der Waals surface area contributed by atoms with Gasteiger partial charge in [-0.3, -0.25) is 0 Å². The average molecular weight is 158 g/mol. The van der Waals surface area contributed by atoms with Gasteiger partial charge in [-0.05, 0) is 27.2 Å². The van der Waals surface area contributed by atoms with Gasteiger partial charge in [-0.25, -0.2) is 4.79 Å². The van der Waals surface area contributed by atoms with Gasteiger partial charge in [-0.2, -0.15) is 0 Å². The van der Waals surface area contributed by atoms with E-state index in [1.54, 1.807) is 6.54 Å². The number of carbonyl (C=O) groups is 1. The maximum absolute atomic E-state index is 10.9. The van der Waals surface area contributed by atoms with Crippen molar-refractivity contribution in [3.8, 4) is 0 Å². The molecule has 0 aromatic rings. The summed E-state index contributed by atoms with van der Waals surface area (Å²) in [6.45, 7) is 9.10. The summed E-state index contributed by atoms with van der Waals surface area (Å²) in [6.07, 6.45) is 0.415. The summed E-state index contributed by atoms with van der Waals surface area (Å²) in [4.78, 5) is 10.9. The summed E-state index contributed by atoms with van der Waals surface area (Å²) in [5, 5.41) is 2.50. The molecule has 0 aliphatic heterocycles. The molecule has 0 fully saturated rings. The number of amides is 1. The first-order valence-electron chi connectivity index (χ1n) is 3.77. The van der Waals surface area contributed by atoms with Crippen molar-refractivity contribution >= 4 is 6.09 Å². The summed E-state index contributed by atoms with van der Waals surface area (Å²) in [5.74, 6) is 0. The third-order valence-electron chi connectivity index (χ3n) is 0.823. The third-order valence-corrected chi connectivity index (χ3v) is 0.823. The Labute approximate surface area is 68.1 Å². The minimum Gasteiger partial charge on any atom is -0.444 e. The predicted molar refractivity (Wildman–Crippen MR) is 44.0 cm³/mol. The molecule has 0 aliphatic carbocycles. The van der Waals surface area contributed by atoms with Gasteiger partial charge in [0.2, 0.25) is 0 Å². The van der Waals surface area contributed by atoms with E-state index in [1.807, 2.05) is 27.7 Å². The number of ether oxygens (including phenoxy) is 1. The molecule has 0 atom stereocenters. The van der Waals surface area contributed by atoms with E-state index in [4.69, 9.17) is 4.74 Å². The molecule has 0 aliphatic rings. The highest BCUT2D eigenvalue weighted by Gasteiger charge is 2.14. The van der Waals surface area contributed by atoms with Crippen LogP contribution in [0.3, 0.4) is 0 Å². The van der Waals surface area contributed by atoms with E-state index in [2.05, 4.69) is 5.32 Å². The second kappa shape index (κ2) is 4.21. The van der Waals surface area contributed by atoms with Crippen molar-refractivity contribution in [3.63, 3.8) is 0 Å². The molecular weight excluding hydrogens is 142 g/mol. The van der Waals surface area contributed by atoms with Crippen molar-refractivity contribution < 1.29 is 9.53 Å². The molecule has 0 saturated heterocycles. The maximum Gasteiger partial charge on any atom is 0.407 e. The Hall–Kier alpha value is -0.730. The quantitative estimate of drug-likeness (QED) is 0.668. The van der Waals surface area contributed by atoms with Crippen LogP contribution in [0.25, 0.3) is 0 Å². The van der Waals surface area contributed by atoms with Crippen LogP contribution in [-0.2, 0) is 4.74 Å². The smallest absolute Gasteiger partial charge is 0.407 e. The summed E-state index contributed by atoms with van der Waals surface area (Å²) >= 11 is 0. The van der Waals surface area contributed by atoms with Crippen LogP contribution in [-0.4, -0.2) is 11.7 Å². The first kappa shape index (κ1) is 10.3. The molecule has 11 heavy (non-hydrogen) atoms. The van der Waals surface area contributed by atoms with Gasteiger partial charge in [0.25, 0.3) is 0 Å². The van der Waals surface area contributed by atoms with E-state index in [0.29, 0.717) is 0 Å². The van der Waals surface area contributed by atoms with Crippen LogP contribution in [0.4, 0.5) is 4.79 Å². The lowest BCUT2D eigenvalue weighted by Gasteiger charge is -2.19. The molecule has 1 N–H and O–H groups in total. The van der Waals surface area contributed by atoms with E-state index in [9.17, 15) is 4.79 Å². The molecule has 0 heterocycles. The van der Waals surface area contributed by atoms with E-state index in [-0.39, 0.29) is 6.09 Å². The fourth-order valence-electron chi connectivity index (χ4n) is 0.493. The zero-order valence-electron chi connectivity index (χ0n) is 7.60. The number of carbonyl (C=O) groups excluding carboxylic acids is 1. The van der Waals surface area contributed by atoms with Gasteiger partial charge in [0, 0.05) is 0 Å². The number of hydrogen-bond acceptors (Lipinski definition) is 2. The van der Waals surface area contributed by atoms with Crippen molar-refractivity contribution in [2.24, 2.45) is 0 Å². The van der Waals surface area contributed by atoms with Gasteiger partial charge in [0.1, 0.15) is 5.60 Å². The lowest BCUT2D eigenvalue weighted by molar-refractivity contribution is 0.0542. The summed E-state index contributed by atoms with van der Waals surface area (Å²) < 4.78 is 4.96. The van der Waals surface area contributed by atoms with Crippen molar-refractivity contribution in [2.75, 3.05) is 0 Å². The van der Waals surface area contributed by atoms with Crippen LogP contribution in [0.1, 0.15) is 34.1 Å². The van der Waals surface area contributed by atoms with Crippen LogP contribution in [0, 0.1) is 6.54 Å². The largest absolute Gasteiger partial charge is 0.444 e. The monoisotopic (exact) mass is 158 g/mol. The maximum atomic E-state index is 10.9. The highest BCUT2D eigenvalue weighted by molar-refractivity contribution is 5.68. The Morgan fingerprint density at radius 2 is 2.09 bits per heavy atom. The van der Waals surface area contributed by atoms with E-state index in [1.165, 1.54) is 0 Å². The third kappa shape index (κ3) is 7.16. The van der Waals surface area contributed by atoms with Gasteiger partial charge >= 0.3 is 6.09 Å². The topological polar surface area (TPSA) is 38.3 Å². The molecule has 0 spiro atoms. The van der Waals surface area contributed by atoms with Crippen molar-refractivity contribution in [2.45, 2.75) is 39.7 Å². The van der Waals surface area contributed by atoms with Gasteiger partial charge in [-0.1, -0.05) is 6.92 Å². The lowest BCUT2D eigenvalue weighted by atomic mass is 10.2. The number of nitrogens with one attached hydrogen (secondary N) is 1. The molecule has 3 nitrogen and oxygen atoms in total. The van der Waals surface area contributed by atoms with Crippen molar-refractivity contribution in [1.29, 1.82) is 0 Å². The van der Waals surface area contributed by atoms with Crippen molar-refractivity contribution in [3.05, 3.63) is 6.54 Å². The normalized spacial score (nSPS) is 10.9. The van der Waals surface area contributed by atoms with Crippen LogP contribution >= 0.6 is 0 Å². The average Bonchev–Trinajstić information content (AvgIpc) is 1.79. The zero-order chi connectivity index (χ0) is 8.91. The Kier molecular flexibility index (Phi) is 3.93.